The van der Waals surface area contributed by atoms with Crippen molar-refractivity contribution in [2.45, 2.75) is 52.5 Å². The zero-order valence-electron chi connectivity index (χ0n) is 15.0. The predicted octanol–water partition coefficient (Wildman–Crippen LogP) is 3.03. The Labute approximate surface area is 147 Å². The minimum absolute atomic E-state index is 0.0806. The molecule has 5 heteroatoms. The highest BCUT2D eigenvalue weighted by molar-refractivity contribution is 5.86. The highest BCUT2D eigenvalue weighted by Crippen LogP contribution is 2.30. The van der Waals surface area contributed by atoms with Crippen molar-refractivity contribution >= 4 is 16.8 Å². The first kappa shape index (κ1) is 15.9. The van der Waals surface area contributed by atoms with E-state index >= 15 is 0 Å². The lowest BCUT2D eigenvalue weighted by Gasteiger charge is -2.23. The van der Waals surface area contributed by atoms with Gasteiger partial charge in [-0.2, -0.15) is 5.10 Å². The molecule has 1 aliphatic rings. The summed E-state index contributed by atoms with van der Waals surface area (Å²) in [5, 5.41) is 11.6. The molecule has 1 aliphatic carbocycles. The summed E-state index contributed by atoms with van der Waals surface area (Å²) in [4.78, 5) is 16.0. The molecular formula is C20H24N4O. The van der Waals surface area contributed by atoms with E-state index in [0.717, 1.165) is 36.2 Å². The van der Waals surface area contributed by atoms with Crippen molar-refractivity contribution in [2.24, 2.45) is 0 Å². The number of fused-ring (bicyclic) bond motifs is 3. The Kier molecular flexibility index (Phi) is 3.86. The lowest BCUT2D eigenvalue weighted by molar-refractivity contribution is -0.121. The molecule has 3 N–H and O–H groups in total. The van der Waals surface area contributed by atoms with Gasteiger partial charge in [-0.05, 0) is 57.7 Å². The lowest BCUT2D eigenvalue weighted by atomic mass is 9.91. The first-order chi connectivity index (χ1) is 12.0. The van der Waals surface area contributed by atoms with Crippen molar-refractivity contribution in [1.82, 2.24) is 20.5 Å². The average Bonchev–Trinajstić information content (AvgIpc) is 3.09. The summed E-state index contributed by atoms with van der Waals surface area (Å²) in [6.07, 6.45) is 3.25. The minimum Gasteiger partial charge on any atom is -0.358 e. The molecule has 130 valence electrons. The van der Waals surface area contributed by atoms with Crippen LogP contribution in [0.5, 0.6) is 0 Å². The summed E-state index contributed by atoms with van der Waals surface area (Å²) in [6.45, 7) is 6.02. The van der Waals surface area contributed by atoms with E-state index in [1.165, 1.54) is 27.7 Å². The zero-order valence-corrected chi connectivity index (χ0v) is 15.0. The van der Waals surface area contributed by atoms with Crippen molar-refractivity contribution in [1.29, 1.82) is 0 Å². The Hall–Kier alpha value is -2.56. The van der Waals surface area contributed by atoms with Gasteiger partial charge in [0.2, 0.25) is 5.91 Å². The van der Waals surface area contributed by atoms with E-state index in [1.54, 1.807) is 0 Å². The van der Waals surface area contributed by atoms with Gasteiger partial charge in [0.1, 0.15) is 0 Å². The second-order valence-electron chi connectivity index (χ2n) is 7.23. The molecule has 0 radical (unpaired) electrons. The van der Waals surface area contributed by atoms with E-state index in [2.05, 4.69) is 45.6 Å². The molecule has 2 aromatic heterocycles. The molecule has 0 fully saturated rings. The van der Waals surface area contributed by atoms with Crippen molar-refractivity contribution in [2.75, 3.05) is 0 Å². The predicted molar refractivity (Wildman–Crippen MR) is 98.8 cm³/mol. The molecule has 1 atom stereocenters. The number of benzene rings is 1. The number of carbonyl (C=O) groups is 1. The molecule has 0 saturated carbocycles. The van der Waals surface area contributed by atoms with Gasteiger partial charge in [-0.15, -0.1) is 0 Å². The summed E-state index contributed by atoms with van der Waals surface area (Å²) in [6, 6.07) is 6.74. The maximum atomic E-state index is 12.5. The van der Waals surface area contributed by atoms with Gasteiger partial charge >= 0.3 is 0 Å². The number of hydrogen-bond acceptors (Lipinski definition) is 2. The van der Waals surface area contributed by atoms with Crippen LogP contribution in [0.15, 0.2) is 18.2 Å². The van der Waals surface area contributed by atoms with Crippen molar-refractivity contribution in [3.8, 4) is 0 Å². The third-order valence-corrected chi connectivity index (χ3v) is 5.33. The maximum absolute atomic E-state index is 12.5. The number of aromatic amines is 2. The van der Waals surface area contributed by atoms with Crippen LogP contribution < -0.4 is 5.32 Å². The van der Waals surface area contributed by atoms with Crippen LogP contribution in [-0.4, -0.2) is 27.1 Å². The summed E-state index contributed by atoms with van der Waals surface area (Å²) in [5.41, 5.74) is 8.06. The molecule has 1 aromatic carbocycles. The average molecular weight is 336 g/mol. The van der Waals surface area contributed by atoms with Gasteiger partial charge in [-0.25, -0.2) is 0 Å². The van der Waals surface area contributed by atoms with Crippen LogP contribution in [0, 0.1) is 20.8 Å². The SMILES string of the molecule is Cc1ccc2[nH]c3c(c2c1)CC(NC(=O)Cc1c(C)n[nH]c1C)CC3. The van der Waals surface area contributed by atoms with E-state index < -0.39 is 0 Å². The molecule has 3 aromatic rings. The Morgan fingerprint density at radius 1 is 1.32 bits per heavy atom. The van der Waals surface area contributed by atoms with E-state index in [-0.39, 0.29) is 11.9 Å². The van der Waals surface area contributed by atoms with Crippen LogP contribution >= 0.6 is 0 Å². The van der Waals surface area contributed by atoms with Crippen LogP contribution in [-0.2, 0) is 24.1 Å². The number of nitrogens with one attached hydrogen (secondary N) is 3. The number of aromatic nitrogens is 3. The van der Waals surface area contributed by atoms with Gasteiger partial charge in [-0.1, -0.05) is 11.6 Å². The first-order valence-corrected chi connectivity index (χ1v) is 8.91. The minimum atomic E-state index is 0.0806. The molecule has 25 heavy (non-hydrogen) atoms. The van der Waals surface area contributed by atoms with Crippen molar-refractivity contribution in [3.05, 3.63) is 52.0 Å². The number of hydrogen-bond donors (Lipinski definition) is 3. The molecule has 0 aliphatic heterocycles. The highest BCUT2D eigenvalue weighted by Gasteiger charge is 2.24. The maximum Gasteiger partial charge on any atom is 0.224 e. The number of H-pyrrole nitrogens is 2. The van der Waals surface area contributed by atoms with Gasteiger partial charge in [0.05, 0.1) is 12.1 Å². The third kappa shape index (κ3) is 2.95. The second-order valence-corrected chi connectivity index (χ2v) is 7.23. The van der Waals surface area contributed by atoms with E-state index in [9.17, 15) is 4.79 Å². The van der Waals surface area contributed by atoms with Gasteiger partial charge in [0, 0.05) is 33.9 Å². The third-order valence-electron chi connectivity index (χ3n) is 5.33. The number of carbonyl (C=O) groups excluding carboxylic acids is 1. The standard InChI is InChI=1S/C20H24N4O/c1-11-4-6-18-16(8-11)17-9-14(5-7-19(17)22-18)21-20(25)10-15-12(2)23-24-13(15)3/h4,6,8,14,22H,5,7,9-10H2,1-3H3,(H,21,25)(H,23,24). The van der Waals surface area contributed by atoms with E-state index in [1.807, 2.05) is 13.8 Å². The quantitative estimate of drug-likeness (QED) is 0.688. The van der Waals surface area contributed by atoms with E-state index in [0.29, 0.717) is 6.42 Å². The fourth-order valence-electron chi connectivity index (χ4n) is 3.93. The topological polar surface area (TPSA) is 73.6 Å². The number of rotatable bonds is 3. The summed E-state index contributed by atoms with van der Waals surface area (Å²) < 4.78 is 0. The molecule has 1 unspecified atom stereocenters. The smallest absolute Gasteiger partial charge is 0.224 e. The van der Waals surface area contributed by atoms with Gasteiger partial charge < -0.3 is 10.3 Å². The first-order valence-electron chi connectivity index (χ1n) is 8.91. The highest BCUT2D eigenvalue weighted by atomic mass is 16.1. The van der Waals surface area contributed by atoms with Crippen LogP contribution in [0.2, 0.25) is 0 Å². The van der Waals surface area contributed by atoms with Crippen LogP contribution in [0.3, 0.4) is 0 Å². The second kappa shape index (κ2) is 6.06. The van der Waals surface area contributed by atoms with Gasteiger partial charge in [0.25, 0.3) is 0 Å². The summed E-state index contributed by atoms with van der Waals surface area (Å²) in [5.74, 6) is 0.0806. The molecule has 0 bridgehead atoms. The monoisotopic (exact) mass is 336 g/mol. The zero-order chi connectivity index (χ0) is 17.6. The van der Waals surface area contributed by atoms with Gasteiger partial charge in [-0.3, -0.25) is 9.89 Å². The summed E-state index contributed by atoms with van der Waals surface area (Å²) >= 11 is 0. The fourth-order valence-corrected chi connectivity index (χ4v) is 3.93. The molecular weight excluding hydrogens is 312 g/mol. The molecule has 2 heterocycles. The van der Waals surface area contributed by atoms with Crippen LogP contribution in [0.4, 0.5) is 0 Å². The fraction of sp³-hybridized carbons (Fsp3) is 0.400. The largest absolute Gasteiger partial charge is 0.358 e. The Balaban J connectivity index is 1.50. The lowest BCUT2D eigenvalue weighted by Crippen LogP contribution is -2.39. The van der Waals surface area contributed by atoms with Crippen molar-refractivity contribution < 1.29 is 4.79 Å². The Morgan fingerprint density at radius 2 is 2.16 bits per heavy atom. The number of nitrogens with zero attached hydrogens (tertiary/aromatic N) is 1. The Morgan fingerprint density at radius 3 is 2.92 bits per heavy atom. The van der Waals surface area contributed by atoms with Crippen LogP contribution in [0.25, 0.3) is 10.9 Å². The van der Waals surface area contributed by atoms with Gasteiger partial charge in [0.15, 0.2) is 0 Å². The molecule has 5 nitrogen and oxygen atoms in total. The number of amides is 1. The molecule has 4 rings (SSSR count). The number of aryl methyl sites for hydroxylation is 4. The van der Waals surface area contributed by atoms with Crippen molar-refractivity contribution in [3.63, 3.8) is 0 Å². The van der Waals surface area contributed by atoms with Crippen LogP contribution in [0.1, 0.15) is 40.2 Å². The normalized spacial score (nSPS) is 16.8. The van der Waals surface area contributed by atoms with E-state index in [4.69, 9.17) is 0 Å². The summed E-state index contributed by atoms with van der Waals surface area (Å²) in [7, 11) is 0. The molecule has 1 amide bonds. The molecule has 0 saturated heterocycles. The molecule has 0 spiro atoms. The Bertz CT molecular complexity index is 931.